The normalized spacial score (nSPS) is 13.5. The van der Waals surface area contributed by atoms with Crippen molar-refractivity contribution in [2.24, 2.45) is 15.9 Å². The van der Waals surface area contributed by atoms with Crippen molar-refractivity contribution in [2.45, 2.75) is 59.2 Å². The molecule has 0 radical (unpaired) electrons. The van der Waals surface area contributed by atoms with E-state index in [0.717, 1.165) is 23.3 Å². The monoisotopic (exact) mass is 539 g/mol. The number of allylic oxidation sites excluding steroid dienone is 2. The SMILES string of the molecule is CC/C=C(\C=C/CF)CNC(=O)c1ccc(/N=C(\CC)c2ccc(F)cc2)c(/N=C/CCC(C)CC(O)O)c1. The first-order valence-electron chi connectivity index (χ1n) is 13.3. The van der Waals surface area contributed by atoms with Crippen molar-refractivity contribution in [3.63, 3.8) is 0 Å². The van der Waals surface area contributed by atoms with Crippen LogP contribution in [0, 0.1) is 11.7 Å². The Kier molecular flexibility index (Phi) is 14.0. The molecule has 0 heterocycles. The molecule has 0 saturated carbocycles. The number of carbonyl (C=O) groups excluding carboxylic acids is 1. The van der Waals surface area contributed by atoms with Crippen molar-refractivity contribution in [2.75, 3.05) is 13.2 Å². The second kappa shape index (κ2) is 17.2. The van der Waals surface area contributed by atoms with Gasteiger partial charge in [-0.2, -0.15) is 0 Å². The number of halogens is 2. The van der Waals surface area contributed by atoms with Crippen molar-refractivity contribution in [3.05, 3.63) is 83.2 Å². The Morgan fingerprint density at radius 1 is 1.08 bits per heavy atom. The Hall–Kier alpha value is -3.49. The van der Waals surface area contributed by atoms with Crippen LogP contribution in [-0.2, 0) is 0 Å². The number of hydrogen-bond donors (Lipinski definition) is 3. The first-order chi connectivity index (χ1) is 18.8. The third-order valence-electron chi connectivity index (χ3n) is 5.98. The highest BCUT2D eigenvalue weighted by atomic mass is 19.1. The summed E-state index contributed by atoms with van der Waals surface area (Å²) in [4.78, 5) is 22.3. The van der Waals surface area contributed by atoms with Gasteiger partial charge in [-0.3, -0.25) is 14.8 Å². The Bertz CT molecular complexity index is 1170. The van der Waals surface area contributed by atoms with Gasteiger partial charge in [-0.05, 0) is 73.1 Å². The van der Waals surface area contributed by atoms with Crippen LogP contribution in [0.4, 0.5) is 20.2 Å². The lowest BCUT2D eigenvalue weighted by atomic mass is 10.0. The number of aliphatic hydroxyl groups excluding tert-OH is 1. The van der Waals surface area contributed by atoms with E-state index in [1.807, 2.05) is 26.8 Å². The van der Waals surface area contributed by atoms with Gasteiger partial charge in [0.25, 0.3) is 5.91 Å². The standard InChI is InChI=1S/C31H39F2N3O3/c1-4-8-23(10-6-17-32)21-35-31(39)25-13-16-28(36-27(5-2)24-11-14-26(33)15-12-24)29(20-25)34-18-7-9-22(3)19-30(37)38/h6,8,10-16,18,20,22,30,37-38H,4-5,7,9,17,19,21H2,1-3H3,(H,35,39)/b10-6-,23-8+,34-18+,36-27+. The fraction of sp³-hybridized carbons (Fsp3) is 0.387. The second-order valence-corrected chi connectivity index (χ2v) is 9.26. The second-order valence-electron chi connectivity index (χ2n) is 9.26. The summed E-state index contributed by atoms with van der Waals surface area (Å²) in [5, 5.41) is 21.2. The van der Waals surface area contributed by atoms with Gasteiger partial charge in [0.05, 0.1) is 11.4 Å². The molecule has 0 aliphatic carbocycles. The number of alkyl halides is 1. The van der Waals surface area contributed by atoms with Crippen molar-refractivity contribution in [3.8, 4) is 0 Å². The number of hydrogen-bond acceptors (Lipinski definition) is 5. The molecule has 1 amide bonds. The number of aliphatic hydroxyl groups is 2. The molecule has 2 aromatic rings. The van der Waals surface area contributed by atoms with Crippen LogP contribution in [-0.4, -0.2) is 47.6 Å². The average molecular weight is 540 g/mol. The van der Waals surface area contributed by atoms with Gasteiger partial charge in [-0.15, -0.1) is 0 Å². The summed E-state index contributed by atoms with van der Waals surface area (Å²) >= 11 is 0. The smallest absolute Gasteiger partial charge is 0.251 e. The molecule has 0 saturated heterocycles. The maximum absolute atomic E-state index is 13.4. The molecule has 2 aromatic carbocycles. The molecule has 0 aliphatic heterocycles. The first-order valence-corrected chi connectivity index (χ1v) is 13.3. The topological polar surface area (TPSA) is 94.3 Å². The van der Waals surface area contributed by atoms with Gasteiger partial charge >= 0.3 is 0 Å². The quantitative estimate of drug-likeness (QED) is 0.132. The van der Waals surface area contributed by atoms with E-state index < -0.39 is 13.0 Å². The molecule has 0 aromatic heterocycles. The van der Waals surface area contributed by atoms with E-state index in [2.05, 4.69) is 10.3 Å². The van der Waals surface area contributed by atoms with Gasteiger partial charge in [-0.1, -0.05) is 51.1 Å². The first kappa shape index (κ1) is 31.7. The Morgan fingerprint density at radius 2 is 1.79 bits per heavy atom. The van der Waals surface area contributed by atoms with Gasteiger partial charge in [0.2, 0.25) is 0 Å². The molecular weight excluding hydrogens is 500 g/mol. The van der Waals surface area contributed by atoms with E-state index in [9.17, 15) is 13.6 Å². The molecule has 6 nitrogen and oxygen atoms in total. The number of amides is 1. The molecule has 0 spiro atoms. The van der Waals surface area contributed by atoms with Crippen LogP contribution in [0.15, 0.2) is 76.3 Å². The van der Waals surface area contributed by atoms with E-state index >= 15 is 0 Å². The molecule has 1 unspecified atom stereocenters. The molecular formula is C31H39F2N3O3. The van der Waals surface area contributed by atoms with Gasteiger partial charge in [0.1, 0.15) is 12.5 Å². The van der Waals surface area contributed by atoms with Crippen LogP contribution in [0.3, 0.4) is 0 Å². The summed E-state index contributed by atoms with van der Waals surface area (Å²) < 4.78 is 26.0. The number of nitrogens with one attached hydrogen (secondary N) is 1. The molecule has 0 aliphatic rings. The third kappa shape index (κ3) is 11.4. The average Bonchev–Trinajstić information content (AvgIpc) is 2.91. The zero-order chi connectivity index (χ0) is 28.6. The summed E-state index contributed by atoms with van der Waals surface area (Å²) in [5.74, 6) is -0.514. The summed E-state index contributed by atoms with van der Waals surface area (Å²) in [5.41, 5.74) is 3.85. The van der Waals surface area contributed by atoms with Crippen molar-refractivity contribution in [1.82, 2.24) is 5.32 Å². The van der Waals surface area contributed by atoms with Gasteiger partial charge in [0, 0.05) is 30.5 Å². The fourth-order valence-corrected chi connectivity index (χ4v) is 3.94. The highest BCUT2D eigenvalue weighted by molar-refractivity contribution is 6.03. The number of aliphatic imine (C=N–C) groups is 2. The maximum atomic E-state index is 13.4. The van der Waals surface area contributed by atoms with Crippen LogP contribution >= 0.6 is 0 Å². The molecule has 39 heavy (non-hydrogen) atoms. The predicted octanol–water partition coefficient (Wildman–Crippen LogP) is 6.77. The summed E-state index contributed by atoms with van der Waals surface area (Å²) in [6.45, 7) is 5.56. The zero-order valence-corrected chi connectivity index (χ0v) is 22.9. The highest BCUT2D eigenvalue weighted by Crippen LogP contribution is 2.30. The minimum absolute atomic E-state index is 0.105. The zero-order valence-electron chi connectivity index (χ0n) is 22.9. The predicted molar refractivity (Wildman–Crippen MR) is 155 cm³/mol. The molecule has 210 valence electrons. The van der Waals surface area contributed by atoms with E-state index in [0.29, 0.717) is 36.2 Å². The number of nitrogens with zero attached hydrogens (tertiary/aromatic N) is 2. The van der Waals surface area contributed by atoms with E-state index in [4.69, 9.17) is 15.2 Å². The Morgan fingerprint density at radius 3 is 2.44 bits per heavy atom. The molecule has 2 rings (SSSR count). The lowest BCUT2D eigenvalue weighted by molar-refractivity contribution is -0.0548. The van der Waals surface area contributed by atoms with E-state index in [-0.39, 0.29) is 30.6 Å². The van der Waals surface area contributed by atoms with Crippen molar-refractivity contribution in [1.29, 1.82) is 0 Å². The van der Waals surface area contributed by atoms with Gasteiger partial charge in [-0.25, -0.2) is 8.78 Å². The molecule has 0 bridgehead atoms. The lowest BCUT2D eigenvalue weighted by Gasteiger charge is -2.11. The maximum Gasteiger partial charge on any atom is 0.251 e. The number of rotatable bonds is 15. The van der Waals surface area contributed by atoms with Gasteiger partial charge < -0.3 is 15.5 Å². The Balaban J connectivity index is 2.33. The van der Waals surface area contributed by atoms with Crippen LogP contribution in [0.2, 0.25) is 0 Å². The summed E-state index contributed by atoms with van der Waals surface area (Å²) in [6, 6.07) is 11.2. The third-order valence-corrected chi connectivity index (χ3v) is 5.98. The van der Waals surface area contributed by atoms with Crippen LogP contribution in [0.1, 0.15) is 68.8 Å². The van der Waals surface area contributed by atoms with Crippen molar-refractivity contribution >= 4 is 29.2 Å². The molecule has 3 N–H and O–H groups in total. The van der Waals surface area contributed by atoms with Crippen LogP contribution in [0.5, 0.6) is 0 Å². The minimum atomic E-state index is -1.34. The highest BCUT2D eigenvalue weighted by Gasteiger charge is 2.12. The number of carbonyl (C=O) groups is 1. The van der Waals surface area contributed by atoms with E-state index in [1.54, 1.807) is 42.6 Å². The number of benzene rings is 2. The lowest BCUT2D eigenvalue weighted by Crippen LogP contribution is -2.25. The van der Waals surface area contributed by atoms with E-state index in [1.165, 1.54) is 18.2 Å². The van der Waals surface area contributed by atoms with Gasteiger partial charge in [0.15, 0.2) is 6.29 Å². The fourth-order valence-electron chi connectivity index (χ4n) is 3.94. The summed E-state index contributed by atoms with van der Waals surface area (Å²) in [6.07, 6.45) is 8.37. The molecule has 1 atom stereocenters. The molecule has 0 fully saturated rings. The van der Waals surface area contributed by atoms with Crippen LogP contribution < -0.4 is 5.32 Å². The van der Waals surface area contributed by atoms with Crippen LogP contribution in [0.25, 0.3) is 0 Å². The molecule has 8 heteroatoms. The van der Waals surface area contributed by atoms with Crippen molar-refractivity contribution < 1.29 is 23.8 Å². The minimum Gasteiger partial charge on any atom is -0.368 e. The summed E-state index contributed by atoms with van der Waals surface area (Å²) in [7, 11) is 0. The largest absolute Gasteiger partial charge is 0.368 e. The Labute approximate surface area is 229 Å².